The summed E-state index contributed by atoms with van der Waals surface area (Å²) in [5, 5.41) is 4.24. The summed E-state index contributed by atoms with van der Waals surface area (Å²) in [5.74, 6) is 1.81. The number of fused-ring (bicyclic) bond motifs is 7. The minimum absolute atomic E-state index is 0.137. The molecule has 334 valence electrons. The van der Waals surface area contributed by atoms with E-state index < -0.39 is 60.4 Å². The molecule has 13 rings (SSSR count). The highest BCUT2D eigenvalue weighted by molar-refractivity contribution is 6.13. The third-order valence-corrected chi connectivity index (χ3v) is 13.1. The molecule has 4 aromatic heterocycles. The lowest BCUT2D eigenvalue weighted by atomic mass is 9.88. The quantitative estimate of drug-likeness (QED) is 0.113. The van der Waals surface area contributed by atoms with Crippen LogP contribution in [-0.4, -0.2) is 18.7 Å². The van der Waals surface area contributed by atoms with Gasteiger partial charge in [0.25, 0.3) is 6.33 Å². The Bertz CT molecular complexity index is 4570. The van der Waals surface area contributed by atoms with Crippen LogP contribution in [0.25, 0.3) is 99.8 Å². The average Bonchev–Trinajstić information content (AvgIpc) is 4.18. The van der Waals surface area contributed by atoms with Gasteiger partial charge in [-0.25, -0.2) is 4.98 Å². The molecular formula is C64H47N5O. The zero-order valence-electron chi connectivity index (χ0n) is 48.3. The molecule has 0 atom stereocenters. The number of imidazole rings is 1. The Labute approximate surface area is 420 Å². The van der Waals surface area contributed by atoms with Crippen molar-refractivity contribution in [3.63, 3.8) is 0 Å². The number of aromatic nitrogens is 5. The van der Waals surface area contributed by atoms with Gasteiger partial charge >= 0.3 is 0 Å². The van der Waals surface area contributed by atoms with Gasteiger partial charge < -0.3 is 9.30 Å². The average molecular weight is 912 g/mol. The predicted octanol–water partition coefficient (Wildman–Crippen LogP) is 15.7. The molecule has 0 saturated heterocycles. The number of rotatable bonds is 8. The normalized spacial score (nSPS) is 13.9. The standard InChI is InChI=1S/C64H47N5O/c1-64(2,3)45-36-37-65-62(38-45)69-56-33-15-12-28-52(56)53-40-60(68-54-31-13-10-26-50(54)51-27-11-14-32-55(51)68)61(41-59(53)69)70-47-25-18-24-46(39-47)66-42-67(58-35-17-16-34-57(58)66)63-48(43-20-6-4-7-21-43)29-19-30-49(63)44-22-8-5-9-23-44/h4-41H,1-3H3/i4D,5D,6D,7D,8D,9D,20D,21D,22D,23D. The summed E-state index contributed by atoms with van der Waals surface area (Å²) in [7, 11) is 0. The molecule has 0 saturated carbocycles. The van der Waals surface area contributed by atoms with Crippen LogP contribution in [0.15, 0.2) is 230 Å². The van der Waals surface area contributed by atoms with Crippen molar-refractivity contribution >= 4 is 54.6 Å². The van der Waals surface area contributed by atoms with E-state index in [1.54, 1.807) is 22.8 Å². The molecule has 0 spiro atoms. The highest BCUT2D eigenvalue weighted by Gasteiger charge is 2.24. The van der Waals surface area contributed by atoms with Crippen molar-refractivity contribution in [2.75, 3.05) is 0 Å². The summed E-state index contributed by atoms with van der Waals surface area (Å²) in [5.41, 5.74) is 7.67. The Morgan fingerprint density at radius 2 is 1.10 bits per heavy atom. The molecule has 0 aliphatic heterocycles. The van der Waals surface area contributed by atoms with Crippen molar-refractivity contribution in [1.29, 1.82) is 0 Å². The van der Waals surface area contributed by atoms with Crippen molar-refractivity contribution in [1.82, 2.24) is 18.7 Å². The number of para-hydroxylation sites is 6. The van der Waals surface area contributed by atoms with E-state index in [1.165, 1.54) is 0 Å². The van der Waals surface area contributed by atoms with E-state index in [0.29, 0.717) is 28.2 Å². The van der Waals surface area contributed by atoms with E-state index in [2.05, 4.69) is 103 Å². The summed E-state index contributed by atoms with van der Waals surface area (Å²) in [6.07, 6.45) is 5.37. The van der Waals surface area contributed by atoms with Crippen LogP contribution in [0.4, 0.5) is 0 Å². The molecule has 13 aromatic rings. The summed E-state index contributed by atoms with van der Waals surface area (Å²) in [4.78, 5) is 4.96. The van der Waals surface area contributed by atoms with Gasteiger partial charge in [0.15, 0.2) is 5.75 Å². The lowest BCUT2D eigenvalue weighted by Crippen LogP contribution is -2.31. The molecule has 0 unspecified atom stereocenters. The van der Waals surface area contributed by atoms with Crippen LogP contribution in [0.5, 0.6) is 11.5 Å². The number of nitrogens with zero attached hydrogens (tertiary/aromatic N) is 5. The van der Waals surface area contributed by atoms with Crippen LogP contribution in [0, 0.1) is 6.33 Å². The largest absolute Gasteiger partial charge is 0.456 e. The fraction of sp³-hybridized carbons (Fsp3) is 0.0625. The number of ether oxygens (including phenoxy) is 1. The second-order valence-corrected chi connectivity index (χ2v) is 18.3. The second kappa shape index (κ2) is 16.4. The van der Waals surface area contributed by atoms with E-state index in [1.807, 2.05) is 89.6 Å². The van der Waals surface area contributed by atoms with Gasteiger partial charge in [-0.15, -0.1) is 0 Å². The van der Waals surface area contributed by atoms with Crippen molar-refractivity contribution in [2.45, 2.75) is 26.2 Å². The van der Waals surface area contributed by atoms with Crippen molar-refractivity contribution < 1.29 is 23.0 Å². The molecule has 70 heavy (non-hydrogen) atoms. The minimum Gasteiger partial charge on any atom is -0.456 e. The molecule has 9 aromatic carbocycles. The summed E-state index contributed by atoms with van der Waals surface area (Å²) < 4.78 is 103. The second-order valence-electron chi connectivity index (χ2n) is 18.3. The van der Waals surface area contributed by atoms with Gasteiger partial charge in [-0.3, -0.25) is 13.7 Å². The fourth-order valence-corrected chi connectivity index (χ4v) is 9.86. The number of hydrogen-bond acceptors (Lipinski definition) is 2. The SMILES string of the molecule is [2H]c1c([2H])c([2H])c(-c2cccc(-c3c([2H])c([2H])c([2H])c([2H])c3[2H])c2-[n+]2[c-]n(-c3cccc(Oc4cc5c(cc4-n4c6ccccc6c6ccccc64)c4ccccc4n5-c4cc(C(C)(C)C)ccn4)c3)c3ccccc32)c([2H])c1[2H]. The summed E-state index contributed by atoms with van der Waals surface area (Å²) >= 11 is 0. The first-order valence-corrected chi connectivity index (χ1v) is 23.1. The van der Waals surface area contributed by atoms with Crippen LogP contribution in [0.3, 0.4) is 0 Å². The van der Waals surface area contributed by atoms with Gasteiger partial charge in [0.2, 0.25) is 0 Å². The summed E-state index contributed by atoms with van der Waals surface area (Å²) in [6, 6.07) is 48.1. The van der Waals surface area contributed by atoms with Crippen molar-refractivity contribution in [3.8, 4) is 56.6 Å². The minimum atomic E-state index is -0.572. The highest BCUT2D eigenvalue weighted by atomic mass is 16.5. The van der Waals surface area contributed by atoms with Crippen molar-refractivity contribution in [2.24, 2.45) is 0 Å². The molecule has 0 aliphatic rings. The first kappa shape index (κ1) is 31.9. The molecule has 0 N–H and O–H groups in total. The number of benzene rings is 9. The van der Waals surface area contributed by atoms with Gasteiger partial charge in [-0.2, -0.15) is 0 Å². The maximum absolute atomic E-state index is 9.13. The zero-order chi connectivity index (χ0) is 55.6. The molecule has 0 amide bonds. The van der Waals surface area contributed by atoms with Crippen LogP contribution in [0.1, 0.15) is 40.0 Å². The maximum Gasteiger partial charge on any atom is 0.269 e. The van der Waals surface area contributed by atoms with Gasteiger partial charge in [-0.1, -0.05) is 184 Å². The Morgan fingerprint density at radius 3 is 1.74 bits per heavy atom. The van der Waals surface area contributed by atoms with Gasteiger partial charge in [0.1, 0.15) is 11.6 Å². The smallest absolute Gasteiger partial charge is 0.269 e. The number of hydrogen-bond donors (Lipinski definition) is 0. The summed E-state index contributed by atoms with van der Waals surface area (Å²) in [6.45, 7) is 6.57. The Balaban J connectivity index is 1.05. The Kier molecular flexibility index (Phi) is 7.45. The van der Waals surface area contributed by atoms with Gasteiger partial charge in [-0.05, 0) is 87.8 Å². The molecule has 0 aliphatic carbocycles. The third-order valence-electron chi connectivity index (χ3n) is 13.1. The monoisotopic (exact) mass is 911 g/mol. The molecule has 6 nitrogen and oxygen atoms in total. The predicted molar refractivity (Wildman–Crippen MR) is 286 cm³/mol. The molecule has 0 fully saturated rings. The third kappa shape index (κ3) is 6.79. The van der Waals surface area contributed by atoms with Gasteiger partial charge in [0, 0.05) is 33.8 Å². The number of pyridine rings is 1. The molecule has 0 radical (unpaired) electrons. The van der Waals surface area contributed by atoms with E-state index in [9.17, 15) is 0 Å². The first-order valence-electron chi connectivity index (χ1n) is 28.1. The fourth-order valence-electron chi connectivity index (χ4n) is 9.86. The van der Waals surface area contributed by atoms with E-state index in [4.69, 9.17) is 23.4 Å². The van der Waals surface area contributed by atoms with Gasteiger partial charge in [0.05, 0.1) is 63.9 Å². The van der Waals surface area contributed by atoms with Crippen molar-refractivity contribution in [3.05, 3.63) is 242 Å². The molecular weight excluding hydrogens is 855 g/mol. The Hall–Kier alpha value is -9.00. The molecule has 4 heterocycles. The van der Waals surface area contributed by atoms with E-state index in [-0.39, 0.29) is 33.4 Å². The topological polar surface area (TPSA) is 40.8 Å². The Morgan fingerprint density at radius 1 is 0.529 bits per heavy atom. The van der Waals surface area contributed by atoms with Crippen LogP contribution in [0.2, 0.25) is 0 Å². The molecule has 6 heteroatoms. The van der Waals surface area contributed by atoms with Crippen LogP contribution < -0.4 is 9.30 Å². The van der Waals surface area contributed by atoms with Crippen LogP contribution >= 0.6 is 0 Å². The molecule has 0 bridgehead atoms. The lowest BCUT2D eigenvalue weighted by molar-refractivity contribution is -0.571. The van der Waals surface area contributed by atoms with Crippen LogP contribution in [-0.2, 0) is 5.41 Å². The lowest BCUT2D eigenvalue weighted by Gasteiger charge is -2.20. The zero-order valence-corrected chi connectivity index (χ0v) is 38.3. The van der Waals surface area contributed by atoms with E-state index >= 15 is 0 Å². The van der Waals surface area contributed by atoms with E-state index in [0.717, 1.165) is 60.7 Å². The highest BCUT2D eigenvalue weighted by Crippen LogP contribution is 2.43. The first-order chi connectivity index (χ1) is 38.5. The maximum atomic E-state index is 9.13.